The highest BCUT2D eigenvalue weighted by Gasteiger charge is 2.31. The third kappa shape index (κ3) is 6.22. The number of aldehydes is 1. The Labute approximate surface area is 188 Å². The van der Waals surface area contributed by atoms with Crippen LogP contribution in [0.4, 0.5) is 0 Å². The zero-order valence-electron chi connectivity index (χ0n) is 18.3. The number of likely N-dealkylation sites (N-methyl/N-ethyl adjacent to an activating group) is 1. The van der Waals surface area contributed by atoms with Gasteiger partial charge in [-0.05, 0) is 43.0 Å². The van der Waals surface area contributed by atoms with Crippen LogP contribution in [0.2, 0.25) is 0 Å². The van der Waals surface area contributed by atoms with E-state index in [2.05, 4.69) is 5.32 Å². The van der Waals surface area contributed by atoms with Crippen molar-refractivity contribution < 1.29 is 22.7 Å². The Balaban J connectivity index is 2.76. The topological polar surface area (TPSA) is 116 Å². The average molecular weight is 467 g/mol. The molecule has 0 fully saturated rings. The summed E-state index contributed by atoms with van der Waals surface area (Å²) in [5.41, 5.74) is 1.63. The minimum absolute atomic E-state index is 0.0742. The monoisotopic (exact) mass is 466 g/mol. The molecule has 0 saturated heterocycles. The van der Waals surface area contributed by atoms with Gasteiger partial charge in [-0.15, -0.1) is 11.3 Å². The van der Waals surface area contributed by atoms with Gasteiger partial charge in [0.25, 0.3) is 0 Å². The van der Waals surface area contributed by atoms with Gasteiger partial charge in [0, 0.05) is 10.4 Å². The summed E-state index contributed by atoms with van der Waals surface area (Å²) in [6.07, 6.45) is 2.85. The fourth-order valence-corrected chi connectivity index (χ4v) is 5.75. The molecule has 9 heteroatoms. The molecule has 0 aliphatic heterocycles. The Morgan fingerprint density at radius 1 is 1.32 bits per heavy atom. The zero-order valence-corrected chi connectivity index (χ0v) is 19.9. The molecular weight excluding hydrogens is 436 g/mol. The Hall–Kier alpha value is -2.07. The van der Waals surface area contributed by atoms with E-state index in [0.717, 1.165) is 24.0 Å². The van der Waals surface area contributed by atoms with Gasteiger partial charge in [0.2, 0.25) is 10.0 Å². The van der Waals surface area contributed by atoms with Gasteiger partial charge in [-0.1, -0.05) is 45.4 Å². The maximum atomic E-state index is 13.1. The third-order valence-corrected chi connectivity index (χ3v) is 7.39. The summed E-state index contributed by atoms with van der Waals surface area (Å²) in [6.45, 7) is 6.22. The number of hydrogen-bond acceptors (Lipinski definition) is 7. The molecule has 0 amide bonds. The van der Waals surface area contributed by atoms with Gasteiger partial charge in [0.1, 0.15) is 10.5 Å². The predicted molar refractivity (Wildman–Crippen MR) is 123 cm³/mol. The number of rotatable bonds is 11. The Kier molecular flexibility index (Phi) is 8.93. The molecule has 3 N–H and O–H groups in total. The molecule has 1 aromatic carbocycles. The molecule has 0 aliphatic rings. The standard InChI is InChI=1S/C22H30N2O5S2/c1-5-6-10-29-21(26)20-18(11-14(2)3)30-22(31(23,27)28)19(20)16-9-7-8-15(12-16)17(13-25)24-4/h7-9,12-14,17,24H,5-6,10-11H2,1-4H3,(H2,23,27,28). The summed E-state index contributed by atoms with van der Waals surface area (Å²) in [5.74, 6) is -0.367. The summed E-state index contributed by atoms with van der Waals surface area (Å²) in [7, 11) is -2.44. The van der Waals surface area contributed by atoms with Crippen LogP contribution in [0, 0.1) is 5.92 Å². The van der Waals surface area contributed by atoms with Crippen LogP contribution in [-0.2, 0) is 26.0 Å². The van der Waals surface area contributed by atoms with Crippen molar-refractivity contribution in [2.45, 2.75) is 50.3 Å². The van der Waals surface area contributed by atoms with Crippen LogP contribution in [0.1, 0.15) is 60.5 Å². The van der Waals surface area contributed by atoms with Gasteiger partial charge in [-0.25, -0.2) is 18.4 Å². The lowest BCUT2D eigenvalue weighted by atomic mass is 9.96. The van der Waals surface area contributed by atoms with E-state index < -0.39 is 22.0 Å². The van der Waals surface area contributed by atoms with E-state index in [-0.39, 0.29) is 27.9 Å². The highest BCUT2D eigenvalue weighted by atomic mass is 32.2. The van der Waals surface area contributed by atoms with E-state index in [9.17, 15) is 18.0 Å². The van der Waals surface area contributed by atoms with E-state index >= 15 is 0 Å². The molecule has 1 unspecified atom stereocenters. The number of benzene rings is 1. The van der Waals surface area contributed by atoms with E-state index in [4.69, 9.17) is 9.88 Å². The number of sulfonamides is 1. The summed E-state index contributed by atoms with van der Waals surface area (Å²) in [5, 5.41) is 8.44. The summed E-state index contributed by atoms with van der Waals surface area (Å²) < 4.78 is 30.3. The van der Waals surface area contributed by atoms with E-state index in [0.29, 0.717) is 28.8 Å². The maximum absolute atomic E-state index is 13.1. The number of nitrogens with one attached hydrogen (secondary N) is 1. The minimum Gasteiger partial charge on any atom is -0.462 e. The SMILES string of the molecule is CCCCOC(=O)c1c(CC(C)C)sc(S(N)(=O)=O)c1-c1cccc(C(C=O)NC)c1. The number of esters is 1. The van der Waals surface area contributed by atoms with Gasteiger partial charge in [0.15, 0.2) is 0 Å². The number of thiophene rings is 1. The molecule has 1 aromatic heterocycles. The fraction of sp³-hybridized carbons (Fsp3) is 0.455. The lowest BCUT2D eigenvalue weighted by Gasteiger charge is -2.13. The molecule has 0 aliphatic carbocycles. The first-order valence-corrected chi connectivity index (χ1v) is 12.6. The van der Waals surface area contributed by atoms with Crippen molar-refractivity contribution in [1.82, 2.24) is 5.32 Å². The van der Waals surface area contributed by atoms with Crippen LogP contribution in [0.3, 0.4) is 0 Å². The predicted octanol–water partition coefficient (Wildman–Crippen LogP) is 3.68. The van der Waals surface area contributed by atoms with Crippen molar-refractivity contribution in [2.75, 3.05) is 13.7 Å². The van der Waals surface area contributed by atoms with Crippen molar-refractivity contribution in [1.29, 1.82) is 0 Å². The lowest BCUT2D eigenvalue weighted by molar-refractivity contribution is -0.109. The van der Waals surface area contributed by atoms with Crippen molar-refractivity contribution in [3.8, 4) is 11.1 Å². The van der Waals surface area contributed by atoms with Crippen LogP contribution in [0.5, 0.6) is 0 Å². The first-order valence-electron chi connectivity index (χ1n) is 10.2. The molecular formula is C22H30N2O5S2. The first kappa shape index (κ1) is 25.2. The Bertz CT molecular complexity index is 1030. The molecule has 0 spiro atoms. The molecule has 0 bridgehead atoms. The van der Waals surface area contributed by atoms with Gasteiger partial charge in [-0.3, -0.25) is 0 Å². The molecule has 1 atom stereocenters. The molecule has 170 valence electrons. The second-order valence-electron chi connectivity index (χ2n) is 7.72. The van der Waals surface area contributed by atoms with Crippen molar-refractivity contribution in [3.63, 3.8) is 0 Å². The molecule has 1 heterocycles. The highest BCUT2D eigenvalue weighted by molar-refractivity contribution is 7.91. The lowest BCUT2D eigenvalue weighted by Crippen LogP contribution is -2.17. The van der Waals surface area contributed by atoms with Gasteiger partial charge < -0.3 is 14.8 Å². The number of ether oxygens (including phenoxy) is 1. The summed E-state index contributed by atoms with van der Waals surface area (Å²) >= 11 is 1.01. The van der Waals surface area contributed by atoms with Gasteiger partial charge >= 0.3 is 5.97 Å². The van der Waals surface area contributed by atoms with Crippen molar-refractivity contribution in [2.24, 2.45) is 11.1 Å². The molecule has 0 radical (unpaired) electrons. The quantitative estimate of drug-likeness (QED) is 0.296. The van der Waals surface area contributed by atoms with E-state index in [1.807, 2.05) is 20.8 Å². The second kappa shape index (κ2) is 11.0. The number of primary sulfonamides is 1. The summed E-state index contributed by atoms with van der Waals surface area (Å²) in [4.78, 5) is 25.1. The number of hydrogen-bond donors (Lipinski definition) is 2. The number of nitrogens with two attached hydrogens (primary N) is 1. The third-order valence-electron chi connectivity index (χ3n) is 4.72. The largest absolute Gasteiger partial charge is 0.462 e. The van der Waals surface area contributed by atoms with Crippen LogP contribution in [0.15, 0.2) is 28.5 Å². The van der Waals surface area contributed by atoms with Crippen LogP contribution in [0.25, 0.3) is 11.1 Å². The van der Waals surface area contributed by atoms with E-state index in [1.165, 1.54) is 0 Å². The number of carbonyl (C=O) groups is 2. The molecule has 2 aromatic rings. The Morgan fingerprint density at radius 2 is 2.03 bits per heavy atom. The summed E-state index contributed by atoms with van der Waals surface area (Å²) in [6, 6.07) is 6.33. The minimum atomic E-state index is -4.10. The normalized spacial score (nSPS) is 12.7. The number of unbranched alkanes of at least 4 members (excludes halogenated alkanes) is 1. The molecule has 31 heavy (non-hydrogen) atoms. The average Bonchev–Trinajstić information content (AvgIpc) is 3.08. The fourth-order valence-electron chi connectivity index (χ4n) is 3.23. The van der Waals surface area contributed by atoms with Crippen molar-refractivity contribution >= 4 is 33.6 Å². The smallest absolute Gasteiger partial charge is 0.339 e. The van der Waals surface area contributed by atoms with Crippen LogP contribution < -0.4 is 10.5 Å². The Morgan fingerprint density at radius 3 is 2.58 bits per heavy atom. The van der Waals surface area contributed by atoms with Gasteiger partial charge in [-0.2, -0.15) is 0 Å². The van der Waals surface area contributed by atoms with Crippen LogP contribution in [-0.4, -0.2) is 34.3 Å². The highest BCUT2D eigenvalue weighted by Crippen LogP contribution is 2.41. The van der Waals surface area contributed by atoms with Crippen molar-refractivity contribution in [3.05, 3.63) is 40.3 Å². The second-order valence-corrected chi connectivity index (χ2v) is 10.6. The number of carbonyl (C=O) groups excluding carboxylic acids is 2. The zero-order chi connectivity index (χ0) is 23.2. The first-order chi connectivity index (χ1) is 14.6. The van der Waals surface area contributed by atoms with E-state index in [1.54, 1.807) is 31.3 Å². The molecule has 0 saturated carbocycles. The maximum Gasteiger partial charge on any atom is 0.339 e. The van der Waals surface area contributed by atoms with Gasteiger partial charge in [0.05, 0.1) is 18.2 Å². The molecule has 2 rings (SSSR count). The van der Waals surface area contributed by atoms with Crippen LogP contribution >= 0.6 is 11.3 Å². The molecule has 7 nitrogen and oxygen atoms in total.